The van der Waals surface area contributed by atoms with Crippen molar-refractivity contribution in [2.24, 2.45) is 5.92 Å². The molecule has 1 unspecified atom stereocenters. The van der Waals surface area contributed by atoms with E-state index in [1.807, 2.05) is 0 Å². The normalized spacial score (nSPS) is 34.2. The highest BCUT2D eigenvalue weighted by atomic mass is 16.5. The van der Waals surface area contributed by atoms with Crippen LogP contribution in [0.1, 0.15) is 38.5 Å². The molecule has 3 fully saturated rings. The minimum atomic E-state index is 0.468. The van der Waals surface area contributed by atoms with Gasteiger partial charge in [0.2, 0.25) is 0 Å². The maximum absolute atomic E-state index is 5.50. The minimum absolute atomic E-state index is 0.468. The maximum Gasteiger partial charge on any atom is 0.0507 e. The lowest BCUT2D eigenvalue weighted by Gasteiger charge is -2.34. The van der Waals surface area contributed by atoms with E-state index in [0.29, 0.717) is 5.54 Å². The summed E-state index contributed by atoms with van der Waals surface area (Å²) in [6.45, 7) is 7.04. The van der Waals surface area contributed by atoms with Gasteiger partial charge in [-0.1, -0.05) is 12.8 Å². The van der Waals surface area contributed by atoms with Gasteiger partial charge in [-0.05, 0) is 44.7 Å². The largest absolute Gasteiger partial charge is 0.381 e. The topological polar surface area (TPSA) is 24.5 Å². The van der Waals surface area contributed by atoms with E-state index in [1.165, 1.54) is 64.7 Å². The van der Waals surface area contributed by atoms with E-state index < -0.39 is 0 Å². The Morgan fingerprint density at radius 3 is 2.88 bits per heavy atom. The third-order valence-electron chi connectivity index (χ3n) is 4.78. The average Bonchev–Trinajstić information content (AvgIpc) is 2.92. The van der Waals surface area contributed by atoms with Crippen LogP contribution < -0.4 is 5.32 Å². The molecule has 2 aliphatic heterocycles. The van der Waals surface area contributed by atoms with E-state index in [1.54, 1.807) is 0 Å². The molecule has 0 aromatic rings. The lowest BCUT2D eigenvalue weighted by atomic mass is 9.96. The SMILES string of the molecule is C1CNC2(CCCC2)CN(CC2CCOC2)C1. The Balaban J connectivity index is 1.59. The van der Waals surface area contributed by atoms with E-state index in [2.05, 4.69) is 10.2 Å². The first kappa shape index (κ1) is 11.9. The third-order valence-corrected chi connectivity index (χ3v) is 4.78. The lowest BCUT2D eigenvalue weighted by Crippen LogP contribution is -2.50. The number of nitrogens with one attached hydrogen (secondary N) is 1. The molecule has 1 aliphatic carbocycles. The second-order valence-corrected chi connectivity index (χ2v) is 6.23. The van der Waals surface area contributed by atoms with Crippen LogP contribution in [0.4, 0.5) is 0 Å². The number of hydrogen-bond acceptors (Lipinski definition) is 3. The van der Waals surface area contributed by atoms with Gasteiger partial charge in [0.15, 0.2) is 0 Å². The van der Waals surface area contributed by atoms with Crippen molar-refractivity contribution < 1.29 is 4.74 Å². The van der Waals surface area contributed by atoms with E-state index in [-0.39, 0.29) is 0 Å². The van der Waals surface area contributed by atoms with Crippen LogP contribution >= 0.6 is 0 Å². The van der Waals surface area contributed by atoms with Crippen LogP contribution in [-0.2, 0) is 4.74 Å². The molecular weight excluding hydrogens is 212 g/mol. The molecule has 1 spiro atoms. The van der Waals surface area contributed by atoms with Gasteiger partial charge in [0.05, 0.1) is 6.61 Å². The molecule has 17 heavy (non-hydrogen) atoms. The Hall–Kier alpha value is -0.120. The van der Waals surface area contributed by atoms with Gasteiger partial charge in [-0.3, -0.25) is 0 Å². The summed E-state index contributed by atoms with van der Waals surface area (Å²) < 4.78 is 5.50. The Morgan fingerprint density at radius 2 is 2.12 bits per heavy atom. The van der Waals surface area contributed by atoms with Gasteiger partial charge in [-0.25, -0.2) is 0 Å². The average molecular weight is 238 g/mol. The van der Waals surface area contributed by atoms with Gasteiger partial charge in [0, 0.05) is 25.2 Å². The highest BCUT2D eigenvalue weighted by Gasteiger charge is 2.36. The molecule has 0 amide bonds. The Bertz CT molecular complexity index is 245. The molecule has 3 rings (SSSR count). The summed E-state index contributed by atoms with van der Waals surface area (Å²) in [4.78, 5) is 2.71. The monoisotopic (exact) mass is 238 g/mol. The van der Waals surface area contributed by atoms with Crippen LogP contribution in [0, 0.1) is 5.92 Å². The van der Waals surface area contributed by atoms with Gasteiger partial charge < -0.3 is 15.0 Å². The van der Waals surface area contributed by atoms with Gasteiger partial charge in [-0.2, -0.15) is 0 Å². The minimum Gasteiger partial charge on any atom is -0.381 e. The predicted molar refractivity (Wildman–Crippen MR) is 69.2 cm³/mol. The van der Waals surface area contributed by atoms with Gasteiger partial charge in [-0.15, -0.1) is 0 Å². The fraction of sp³-hybridized carbons (Fsp3) is 1.00. The molecule has 0 aromatic carbocycles. The second kappa shape index (κ2) is 5.25. The highest BCUT2D eigenvalue weighted by molar-refractivity contribution is 4.97. The summed E-state index contributed by atoms with van der Waals surface area (Å²) in [5.74, 6) is 0.798. The van der Waals surface area contributed by atoms with Crippen LogP contribution in [-0.4, -0.2) is 49.8 Å². The number of nitrogens with zero attached hydrogens (tertiary/aromatic N) is 1. The zero-order valence-electron chi connectivity index (χ0n) is 10.9. The predicted octanol–water partition coefficient (Wildman–Crippen LogP) is 1.63. The smallest absolute Gasteiger partial charge is 0.0507 e. The summed E-state index contributed by atoms with van der Waals surface area (Å²) in [5.41, 5.74) is 0.468. The highest BCUT2D eigenvalue weighted by Crippen LogP contribution is 2.32. The van der Waals surface area contributed by atoms with Crippen molar-refractivity contribution >= 4 is 0 Å². The van der Waals surface area contributed by atoms with E-state index in [4.69, 9.17) is 4.74 Å². The van der Waals surface area contributed by atoms with Crippen molar-refractivity contribution in [1.82, 2.24) is 10.2 Å². The molecule has 0 radical (unpaired) electrons. The molecule has 3 heteroatoms. The standard InChI is InChI=1S/C14H26N2O/c1-2-6-14(5-1)12-16(8-3-7-15-14)10-13-4-9-17-11-13/h13,15H,1-12H2. The summed E-state index contributed by atoms with van der Waals surface area (Å²) in [6, 6.07) is 0. The molecule has 98 valence electrons. The summed E-state index contributed by atoms with van der Waals surface area (Å²) in [6.07, 6.45) is 8.22. The van der Waals surface area contributed by atoms with Crippen molar-refractivity contribution in [3.8, 4) is 0 Å². The lowest BCUT2D eigenvalue weighted by molar-refractivity contribution is 0.154. The molecule has 2 heterocycles. The first-order valence-electron chi connectivity index (χ1n) is 7.41. The molecule has 3 nitrogen and oxygen atoms in total. The van der Waals surface area contributed by atoms with Crippen LogP contribution in [0.15, 0.2) is 0 Å². The van der Waals surface area contributed by atoms with Crippen LogP contribution in [0.5, 0.6) is 0 Å². The van der Waals surface area contributed by atoms with Crippen LogP contribution in [0.25, 0.3) is 0 Å². The third kappa shape index (κ3) is 2.83. The van der Waals surface area contributed by atoms with Crippen molar-refractivity contribution in [3.63, 3.8) is 0 Å². The van der Waals surface area contributed by atoms with E-state index in [9.17, 15) is 0 Å². The van der Waals surface area contributed by atoms with Gasteiger partial charge in [0.25, 0.3) is 0 Å². The van der Waals surface area contributed by atoms with Crippen LogP contribution in [0.3, 0.4) is 0 Å². The Morgan fingerprint density at radius 1 is 1.24 bits per heavy atom. The molecule has 1 N–H and O–H groups in total. The second-order valence-electron chi connectivity index (χ2n) is 6.23. The molecule has 1 saturated carbocycles. The molecule has 0 bridgehead atoms. The first-order chi connectivity index (χ1) is 8.36. The Labute approximate surface area is 105 Å². The zero-order valence-corrected chi connectivity index (χ0v) is 10.9. The number of rotatable bonds is 2. The van der Waals surface area contributed by atoms with Crippen molar-refractivity contribution in [1.29, 1.82) is 0 Å². The number of hydrogen-bond donors (Lipinski definition) is 1. The van der Waals surface area contributed by atoms with Crippen molar-refractivity contribution in [2.45, 2.75) is 44.1 Å². The van der Waals surface area contributed by atoms with E-state index in [0.717, 1.165) is 19.1 Å². The molecule has 2 saturated heterocycles. The summed E-state index contributed by atoms with van der Waals surface area (Å²) in [7, 11) is 0. The van der Waals surface area contributed by atoms with Crippen LogP contribution in [0.2, 0.25) is 0 Å². The Kier molecular flexibility index (Phi) is 3.69. The van der Waals surface area contributed by atoms with Crippen molar-refractivity contribution in [2.75, 3.05) is 39.4 Å². The molecular formula is C14H26N2O. The quantitative estimate of drug-likeness (QED) is 0.791. The number of ether oxygens (including phenoxy) is 1. The van der Waals surface area contributed by atoms with E-state index >= 15 is 0 Å². The zero-order chi connectivity index (χ0) is 11.6. The molecule has 3 aliphatic rings. The fourth-order valence-electron chi connectivity index (χ4n) is 3.85. The summed E-state index contributed by atoms with van der Waals surface area (Å²) >= 11 is 0. The van der Waals surface area contributed by atoms with Gasteiger partial charge >= 0.3 is 0 Å². The fourth-order valence-corrected chi connectivity index (χ4v) is 3.85. The maximum atomic E-state index is 5.50. The molecule has 0 aromatic heterocycles. The molecule has 1 atom stereocenters. The summed E-state index contributed by atoms with van der Waals surface area (Å²) in [5, 5.41) is 3.84. The first-order valence-corrected chi connectivity index (χ1v) is 7.41. The van der Waals surface area contributed by atoms with Crippen molar-refractivity contribution in [3.05, 3.63) is 0 Å². The van der Waals surface area contributed by atoms with Gasteiger partial charge in [0.1, 0.15) is 0 Å².